The van der Waals surface area contributed by atoms with Gasteiger partial charge in [0.1, 0.15) is 6.54 Å². The van der Waals surface area contributed by atoms with Crippen molar-refractivity contribution in [3.05, 3.63) is 36.3 Å². The van der Waals surface area contributed by atoms with Crippen molar-refractivity contribution in [3.8, 4) is 17.3 Å². The Bertz CT molecular complexity index is 508. The highest BCUT2D eigenvalue weighted by atomic mass is 15.3. The molecule has 0 aliphatic carbocycles. The van der Waals surface area contributed by atoms with Crippen LogP contribution in [0.1, 0.15) is 12.6 Å². The molecule has 16 heavy (non-hydrogen) atoms. The highest BCUT2D eigenvalue weighted by molar-refractivity contribution is 5.58. The van der Waals surface area contributed by atoms with Crippen molar-refractivity contribution >= 4 is 0 Å². The van der Waals surface area contributed by atoms with Crippen LogP contribution in [0.3, 0.4) is 0 Å². The van der Waals surface area contributed by atoms with Gasteiger partial charge in [-0.1, -0.05) is 6.92 Å². The molecule has 0 fully saturated rings. The predicted molar refractivity (Wildman–Crippen MR) is 60.4 cm³/mol. The summed E-state index contributed by atoms with van der Waals surface area (Å²) >= 11 is 0. The summed E-state index contributed by atoms with van der Waals surface area (Å²) < 4.78 is 1.75. The lowest BCUT2D eigenvalue weighted by molar-refractivity contribution is 0.671. The maximum atomic E-state index is 8.70. The van der Waals surface area contributed by atoms with Gasteiger partial charge in [-0.25, -0.2) is 0 Å². The van der Waals surface area contributed by atoms with Crippen LogP contribution in [0.15, 0.2) is 30.6 Å². The van der Waals surface area contributed by atoms with Crippen LogP contribution in [-0.2, 0) is 13.0 Å². The van der Waals surface area contributed by atoms with Gasteiger partial charge in [-0.15, -0.1) is 0 Å². The predicted octanol–water partition coefficient (Wildman–Crippen LogP) is 2.03. The van der Waals surface area contributed by atoms with Gasteiger partial charge in [-0.2, -0.15) is 10.4 Å². The Morgan fingerprint density at radius 2 is 2.12 bits per heavy atom. The zero-order valence-corrected chi connectivity index (χ0v) is 9.09. The molecule has 2 aromatic heterocycles. The largest absolute Gasteiger partial charge is 0.265 e. The Hall–Kier alpha value is -2.15. The zero-order valence-electron chi connectivity index (χ0n) is 9.09. The molecule has 80 valence electrons. The maximum Gasteiger partial charge on any atom is 0.128 e. The molecule has 0 atom stereocenters. The average Bonchev–Trinajstić information content (AvgIpc) is 2.74. The summed E-state index contributed by atoms with van der Waals surface area (Å²) in [6.45, 7) is 2.36. The van der Waals surface area contributed by atoms with Crippen molar-refractivity contribution in [3.63, 3.8) is 0 Å². The van der Waals surface area contributed by atoms with Gasteiger partial charge in [0, 0.05) is 23.7 Å². The molecule has 0 aliphatic heterocycles. The van der Waals surface area contributed by atoms with E-state index in [-0.39, 0.29) is 0 Å². The molecule has 0 bridgehead atoms. The molecule has 0 radical (unpaired) electrons. The minimum absolute atomic E-state index is 0.300. The van der Waals surface area contributed by atoms with E-state index in [0.29, 0.717) is 6.54 Å². The number of hydrogen-bond donors (Lipinski definition) is 0. The zero-order chi connectivity index (χ0) is 11.4. The second-order valence-electron chi connectivity index (χ2n) is 3.43. The fourth-order valence-electron chi connectivity index (χ4n) is 1.61. The van der Waals surface area contributed by atoms with E-state index in [0.717, 1.165) is 23.4 Å². The van der Waals surface area contributed by atoms with E-state index in [2.05, 4.69) is 23.1 Å². The number of hydrogen-bond acceptors (Lipinski definition) is 3. The average molecular weight is 212 g/mol. The summed E-state index contributed by atoms with van der Waals surface area (Å²) in [5, 5.41) is 13.1. The molecule has 4 nitrogen and oxygen atoms in total. The highest BCUT2D eigenvalue weighted by Gasteiger charge is 2.07. The van der Waals surface area contributed by atoms with Crippen LogP contribution in [0, 0.1) is 11.3 Å². The minimum atomic E-state index is 0.300. The van der Waals surface area contributed by atoms with Gasteiger partial charge in [0.05, 0.1) is 11.8 Å². The number of nitrogens with zero attached hydrogens (tertiary/aromatic N) is 4. The van der Waals surface area contributed by atoms with Gasteiger partial charge in [-0.05, 0) is 24.6 Å². The Morgan fingerprint density at radius 3 is 2.75 bits per heavy atom. The van der Waals surface area contributed by atoms with E-state index in [9.17, 15) is 0 Å². The number of aryl methyl sites for hydroxylation is 1. The number of pyridine rings is 1. The van der Waals surface area contributed by atoms with Crippen LogP contribution in [0.25, 0.3) is 11.3 Å². The first kappa shape index (κ1) is 10.4. The van der Waals surface area contributed by atoms with Gasteiger partial charge in [0.2, 0.25) is 0 Å². The van der Waals surface area contributed by atoms with E-state index >= 15 is 0 Å². The molecule has 2 aromatic rings. The summed E-state index contributed by atoms with van der Waals surface area (Å²) in [7, 11) is 0. The van der Waals surface area contributed by atoms with Crippen molar-refractivity contribution in [1.29, 1.82) is 5.26 Å². The van der Waals surface area contributed by atoms with Crippen molar-refractivity contribution in [1.82, 2.24) is 14.8 Å². The normalized spacial score (nSPS) is 10.0. The number of nitriles is 1. The van der Waals surface area contributed by atoms with E-state index < -0.39 is 0 Å². The van der Waals surface area contributed by atoms with Crippen molar-refractivity contribution in [2.75, 3.05) is 0 Å². The van der Waals surface area contributed by atoms with Crippen LogP contribution in [0.4, 0.5) is 0 Å². The van der Waals surface area contributed by atoms with Crippen molar-refractivity contribution < 1.29 is 0 Å². The van der Waals surface area contributed by atoms with Crippen LogP contribution < -0.4 is 0 Å². The molecule has 2 heterocycles. The van der Waals surface area contributed by atoms with E-state index in [4.69, 9.17) is 5.26 Å². The van der Waals surface area contributed by atoms with Crippen LogP contribution in [0.5, 0.6) is 0 Å². The lowest BCUT2D eigenvalue weighted by Gasteiger charge is -1.97. The summed E-state index contributed by atoms with van der Waals surface area (Å²) in [5.41, 5.74) is 3.00. The Kier molecular flexibility index (Phi) is 2.97. The SMILES string of the molecule is CCc1cc(-c2ccncc2)nn1CC#N. The van der Waals surface area contributed by atoms with Crippen LogP contribution in [-0.4, -0.2) is 14.8 Å². The second-order valence-corrected chi connectivity index (χ2v) is 3.43. The third-order valence-corrected chi connectivity index (χ3v) is 2.42. The third-order valence-electron chi connectivity index (χ3n) is 2.42. The molecule has 0 amide bonds. The van der Waals surface area contributed by atoms with Gasteiger partial charge in [0.25, 0.3) is 0 Å². The Balaban J connectivity index is 2.41. The minimum Gasteiger partial charge on any atom is -0.265 e. The summed E-state index contributed by atoms with van der Waals surface area (Å²) in [6, 6.07) is 7.96. The van der Waals surface area contributed by atoms with E-state index in [1.165, 1.54) is 0 Å². The van der Waals surface area contributed by atoms with Crippen LogP contribution >= 0.6 is 0 Å². The fraction of sp³-hybridized carbons (Fsp3) is 0.250. The molecule has 0 aromatic carbocycles. The van der Waals surface area contributed by atoms with Crippen molar-refractivity contribution in [2.24, 2.45) is 0 Å². The van der Waals surface area contributed by atoms with E-state index in [1.807, 2.05) is 18.2 Å². The first-order chi connectivity index (χ1) is 7.85. The topological polar surface area (TPSA) is 54.5 Å². The number of rotatable bonds is 3. The smallest absolute Gasteiger partial charge is 0.128 e. The molecule has 0 aliphatic rings. The fourth-order valence-corrected chi connectivity index (χ4v) is 1.61. The van der Waals surface area contributed by atoms with Crippen LogP contribution in [0.2, 0.25) is 0 Å². The van der Waals surface area contributed by atoms with E-state index in [1.54, 1.807) is 17.1 Å². The molecule has 0 unspecified atom stereocenters. The van der Waals surface area contributed by atoms with Gasteiger partial charge in [0.15, 0.2) is 0 Å². The highest BCUT2D eigenvalue weighted by Crippen LogP contribution is 2.18. The standard InChI is InChI=1S/C12H12N4/c1-2-11-9-12(15-16(11)8-5-13)10-3-6-14-7-4-10/h3-4,6-7,9H,2,8H2,1H3. The Morgan fingerprint density at radius 1 is 1.38 bits per heavy atom. The summed E-state index contributed by atoms with van der Waals surface area (Å²) in [5.74, 6) is 0. The van der Waals surface area contributed by atoms with Crippen molar-refractivity contribution in [2.45, 2.75) is 19.9 Å². The molecule has 0 saturated heterocycles. The molecule has 0 spiro atoms. The molecule has 0 saturated carbocycles. The lowest BCUT2D eigenvalue weighted by Crippen LogP contribution is -2.02. The van der Waals surface area contributed by atoms with Gasteiger partial charge >= 0.3 is 0 Å². The first-order valence-electron chi connectivity index (χ1n) is 5.19. The lowest BCUT2D eigenvalue weighted by atomic mass is 10.2. The Labute approximate surface area is 94.2 Å². The monoisotopic (exact) mass is 212 g/mol. The summed E-state index contributed by atoms with van der Waals surface area (Å²) in [6.07, 6.45) is 4.36. The number of aromatic nitrogens is 3. The molecule has 4 heteroatoms. The molecular formula is C12H12N4. The molecule has 2 rings (SSSR count). The van der Waals surface area contributed by atoms with Gasteiger partial charge in [-0.3, -0.25) is 9.67 Å². The second kappa shape index (κ2) is 4.58. The third kappa shape index (κ3) is 1.94. The first-order valence-corrected chi connectivity index (χ1v) is 5.19. The molecule has 0 N–H and O–H groups in total. The summed E-state index contributed by atoms with van der Waals surface area (Å²) in [4.78, 5) is 3.97. The maximum absolute atomic E-state index is 8.70. The molecular weight excluding hydrogens is 200 g/mol. The quantitative estimate of drug-likeness (QED) is 0.782. The van der Waals surface area contributed by atoms with Gasteiger partial charge < -0.3 is 0 Å².